The summed E-state index contributed by atoms with van der Waals surface area (Å²) in [6, 6.07) is 12.6. The molecule has 1 amide bonds. The maximum atomic E-state index is 14.0. The van der Waals surface area contributed by atoms with Crippen LogP contribution in [0.25, 0.3) is 22.6 Å². The minimum atomic E-state index is -0.365. The number of aryl methyl sites for hydroxylation is 2. The lowest BCUT2D eigenvalue weighted by Gasteiger charge is -2.05. The van der Waals surface area contributed by atoms with Crippen molar-refractivity contribution in [3.63, 3.8) is 0 Å². The molecule has 4 rings (SSSR count). The second kappa shape index (κ2) is 8.99. The van der Waals surface area contributed by atoms with Gasteiger partial charge in [0.05, 0.1) is 17.0 Å². The second-order valence-electron chi connectivity index (χ2n) is 7.02. The molecular weight excluding hydrogens is 433 g/mol. The van der Waals surface area contributed by atoms with Crippen LogP contribution in [0, 0.1) is 19.7 Å². The second-order valence-corrected chi connectivity index (χ2v) is 8.82. The van der Waals surface area contributed by atoms with Crippen LogP contribution in [0.5, 0.6) is 0 Å². The third-order valence-corrected chi connectivity index (χ3v) is 6.61. The average Bonchev–Trinajstić information content (AvgIpc) is 3.36. The Bertz CT molecular complexity index is 1250. The summed E-state index contributed by atoms with van der Waals surface area (Å²) in [5.74, 6) is -0.00189. The average molecular weight is 454 g/mol. The SMILES string of the molecule is Cc1ccc(-c2csc(NC(=O)CSc3nnc(-c4ccccc4F)n3C)n2)cc1C. The van der Waals surface area contributed by atoms with Gasteiger partial charge in [0.15, 0.2) is 16.1 Å². The first-order chi connectivity index (χ1) is 14.9. The summed E-state index contributed by atoms with van der Waals surface area (Å²) in [6.45, 7) is 4.13. The number of anilines is 1. The van der Waals surface area contributed by atoms with Gasteiger partial charge in [0.2, 0.25) is 5.91 Å². The standard InChI is InChI=1S/C22H20FN5OS2/c1-13-8-9-15(10-14(13)2)18-11-30-21(24-18)25-19(29)12-31-22-27-26-20(28(22)3)16-6-4-5-7-17(16)23/h4-11H,12H2,1-3H3,(H,24,25,29). The Hall–Kier alpha value is -3.04. The smallest absolute Gasteiger partial charge is 0.236 e. The molecule has 2 aromatic heterocycles. The monoisotopic (exact) mass is 453 g/mol. The predicted molar refractivity (Wildman–Crippen MR) is 123 cm³/mol. The molecular formula is C22H20FN5OS2. The van der Waals surface area contributed by atoms with Gasteiger partial charge in [-0.05, 0) is 43.2 Å². The van der Waals surface area contributed by atoms with Crippen LogP contribution in [0.15, 0.2) is 53.0 Å². The van der Waals surface area contributed by atoms with Gasteiger partial charge in [0.25, 0.3) is 0 Å². The molecule has 0 fully saturated rings. The number of amides is 1. The van der Waals surface area contributed by atoms with Crippen LogP contribution in [-0.2, 0) is 11.8 Å². The lowest BCUT2D eigenvalue weighted by molar-refractivity contribution is -0.113. The Morgan fingerprint density at radius 3 is 2.74 bits per heavy atom. The molecule has 0 aliphatic heterocycles. The Morgan fingerprint density at radius 2 is 1.97 bits per heavy atom. The highest BCUT2D eigenvalue weighted by Gasteiger charge is 2.16. The lowest BCUT2D eigenvalue weighted by Crippen LogP contribution is -2.14. The van der Waals surface area contributed by atoms with Crippen LogP contribution in [0.4, 0.5) is 9.52 Å². The summed E-state index contributed by atoms with van der Waals surface area (Å²) in [5.41, 5.74) is 4.65. The summed E-state index contributed by atoms with van der Waals surface area (Å²) in [7, 11) is 1.75. The number of carbonyl (C=O) groups is 1. The van der Waals surface area contributed by atoms with E-state index >= 15 is 0 Å². The maximum absolute atomic E-state index is 14.0. The highest BCUT2D eigenvalue weighted by Crippen LogP contribution is 2.27. The number of carbonyl (C=O) groups excluding carboxylic acids is 1. The molecule has 0 saturated heterocycles. The Balaban J connectivity index is 1.39. The Labute approximate surface area is 187 Å². The maximum Gasteiger partial charge on any atom is 0.236 e. The number of rotatable bonds is 6. The minimum Gasteiger partial charge on any atom is -0.305 e. The third-order valence-electron chi connectivity index (χ3n) is 4.84. The fourth-order valence-corrected chi connectivity index (χ4v) is 4.41. The molecule has 2 aromatic carbocycles. The highest BCUT2D eigenvalue weighted by molar-refractivity contribution is 7.99. The van der Waals surface area contributed by atoms with E-state index in [1.54, 1.807) is 29.8 Å². The van der Waals surface area contributed by atoms with Crippen LogP contribution in [0.2, 0.25) is 0 Å². The van der Waals surface area contributed by atoms with Crippen molar-refractivity contribution < 1.29 is 9.18 Å². The van der Waals surface area contributed by atoms with Crippen molar-refractivity contribution >= 4 is 34.1 Å². The fraction of sp³-hybridized carbons (Fsp3) is 0.182. The summed E-state index contributed by atoms with van der Waals surface area (Å²) in [6.07, 6.45) is 0. The van der Waals surface area contributed by atoms with Crippen LogP contribution in [-0.4, -0.2) is 31.4 Å². The molecule has 0 aliphatic carbocycles. The zero-order valence-electron chi connectivity index (χ0n) is 17.2. The van der Waals surface area contributed by atoms with E-state index in [2.05, 4.69) is 46.5 Å². The normalized spacial score (nSPS) is 11.0. The van der Waals surface area contributed by atoms with Crippen LogP contribution >= 0.6 is 23.1 Å². The van der Waals surface area contributed by atoms with Gasteiger partial charge in [0.1, 0.15) is 5.82 Å². The van der Waals surface area contributed by atoms with Crippen molar-refractivity contribution in [3.8, 4) is 22.6 Å². The van der Waals surface area contributed by atoms with E-state index in [4.69, 9.17) is 0 Å². The highest BCUT2D eigenvalue weighted by atomic mass is 32.2. The van der Waals surface area contributed by atoms with Crippen molar-refractivity contribution in [2.24, 2.45) is 7.05 Å². The van der Waals surface area contributed by atoms with Crippen LogP contribution < -0.4 is 5.32 Å². The van der Waals surface area contributed by atoms with Crippen LogP contribution in [0.1, 0.15) is 11.1 Å². The number of nitrogens with zero attached hydrogens (tertiary/aromatic N) is 4. The molecule has 0 radical (unpaired) electrons. The molecule has 2 heterocycles. The molecule has 31 heavy (non-hydrogen) atoms. The summed E-state index contributed by atoms with van der Waals surface area (Å²) in [4.78, 5) is 16.9. The molecule has 0 spiro atoms. The van der Waals surface area contributed by atoms with Gasteiger partial charge in [-0.25, -0.2) is 9.37 Å². The first-order valence-electron chi connectivity index (χ1n) is 9.52. The van der Waals surface area contributed by atoms with E-state index < -0.39 is 0 Å². The molecule has 0 saturated carbocycles. The third kappa shape index (κ3) is 4.67. The number of nitrogens with one attached hydrogen (secondary N) is 1. The fourth-order valence-electron chi connectivity index (χ4n) is 2.97. The molecule has 6 nitrogen and oxygen atoms in total. The molecule has 0 bridgehead atoms. The van der Waals surface area contributed by atoms with Crippen molar-refractivity contribution in [2.75, 3.05) is 11.1 Å². The quantitative estimate of drug-likeness (QED) is 0.412. The largest absolute Gasteiger partial charge is 0.305 e. The Kier molecular flexibility index (Phi) is 6.15. The van der Waals surface area contributed by atoms with E-state index in [1.165, 1.54) is 40.3 Å². The van der Waals surface area contributed by atoms with Gasteiger partial charge in [0, 0.05) is 18.0 Å². The molecule has 0 atom stereocenters. The first-order valence-corrected chi connectivity index (χ1v) is 11.4. The van der Waals surface area contributed by atoms with Crippen molar-refractivity contribution in [2.45, 2.75) is 19.0 Å². The van der Waals surface area contributed by atoms with Gasteiger partial charge in [-0.3, -0.25) is 4.79 Å². The van der Waals surface area contributed by atoms with Gasteiger partial charge in [-0.1, -0.05) is 36.0 Å². The summed E-state index contributed by atoms with van der Waals surface area (Å²) in [5, 5.41) is 14.0. The van der Waals surface area contributed by atoms with Crippen molar-refractivity contribution in [1.82, 2.24) is 19.7 Å². The van der Waals surface area contributed by atoms with Gasteiger partial charge >= 0.3 is 0 Å². The van der Waals surface area contributed by atoms with Crippen molar-refractivity contribution in [3.05, 3.63) is 64.8 Å². The number of hydrogen-bond acceptors (Lipinski definition) is 6. The molecule has 0 unspecified atom stereocenters. The molecule has 9 heteroatoms. The first kappa shape index (κ1) is 21.2. The van der Waals surface area contributed by atoms with E-state index in [0.717, 1.165) is 11.3 Å². The molecule has 1 N–H and O–H groups in total. The number of hydrogen-bond donors (Lipinski definition) is 1. The minimum absolute atomic E-state index is 0.141. The zero-order valence-corrected chi connectivity index (χ0v) is 18.9. The molecule has 4 aromatic rings. The molecule has 158 valence electrons. The summed E-state index contributed by atoms with van der Waals surface area (Å²) >= 11 is 2.62. The Morgan fingerprint density at radius 1 is 1.16 bits per heavy atom. The van der Waals surface area contributed by atoms with Gasteiger partial charge < -0.3 is 9.88 Å². The predicted octanol–water partition coefficient (Wildman–Crippen LogP) is 5.09. The van der Waals surface area contributed by atoms with E-state index in [-0.39, 0.29) is 17.5 Å². The topological polar surface area (TPSA) is 72.7 Å². The van der Waals surface area contributed by atoms with Gasteiger partial charge in [-0.2, -0.15) is 0 Å². The van der Waals surface area contributed by atoms with Crippen LogP contribution in [0.3, 0.4) is 0 Å². The van der Waals surface area contributed by atoms with E-state index in [9.17, 15) is 9.18 Å². The summed E-state index contributed by atoms with van der Waals surface area (Å²) < 4.78 is 15.7. The number of thioether (sulfide) groups is 1. The lowest BCUT2D eigenvalue weighted by atomic mass is 10.1. The number of thiazole rings is 1. The number of aromatic nitrogens is 4. The van der Waals surface area contributed by atoms with Crippen molar-refractivity contribution in [1.29, 1.82) is 0 Å². The number of benzene rings is 2. The van der Waals surface area contributed by atoms with E-state index in [1.807, 2.05) is 11.4 Å². The number of halogens is 1. The van der Waals surface area contributed by atoms with E-state index in [0.29, 0.717) is 21.7 Å². The zero-order chi connectivity index (χ0) is 22.0. The van der Waals surface area contributed by atoms with Gasteiger partial charge in [-0.15, -0.1) is 21.5 Å². The molecule has 0 aliphatic rings.